The SMILES string of the molecule is Cc1noc(CSc2ccccc2C(=O)NNC(=O)CCCOc2ccc(Cl)cc2Cl)n1. The second-order valence-corrected chi connectivity index (χ2v) is 8.41. The van der Waals surface area contributed by atoms with Crippen molar-refractivity contribution in [2.24, 2.45) is 0 Å². The van der Waals surface area contributed by atoms with Gasteiger partial charge in [0.25, 0.3) is 5.91 Å². The number of amides is 2. The van der Waals surface area contributed by atoms with Crippen LogP contribution in [0.1, 0.15) is 34.9 Å². The van der Waals surface area contributed by atoms with E-state index in [1.165, 1.54) is 11.8 Å². The van der Waals surface area contributed by atoms with E-state index >= 15 is 0 Å². The molecule has 1 aromatic heterocycles. The monoisotopic (exact) mass is 494 g/mol. The molecular weight excluding hydrogens is 475 g/mol. The van der Waals surface area contributed by atoms with E-state index in [0.717, 1.165) is 4.90 Å². The highest BCUT2D eigenvalue weighted by Crippen LogP contribution is 2.28. The molecule has 3 rings (SSSR count). The molecule has 3 aromatic rings. The Labute approximate surface area is 199 Å². The first-order chi connectivity index (χ1) is 15.4. The first-order valence-electron chi connectivity index (χ1n) is 9.60. The maximum absolute atomic E-state index is 12.5. The van der Waals surface area contributed by atoms with Gasteiger partial charge in [0, 0.05) is 16.3 Å². The summed E-state index contributed by atoms with van der Waals surface area (Å²) in [5.41, 5.74) is 5.28. The highest BCUT2D eigenvalue weighted by molar-refractivity contribution is 7.98. The minimum Gasteiger partial charge on any atom is -0.492 e. The molecule has 0 saturated heterocycles. The van der Waals surface area contributed by atoms with E-state index in [4.69, 9.17) is 32.5 Å². The fourth-order valence-electron chi connectivity index (χ4n) is 2.58. The third kappa shape index (κ3) is 7.15. The van der Waals surface area contributed by atoms with Crippen molar-refractivity contribution in [2.45, 2.75) is 30.4 Å². The molecule has 0 aliphatic heterocycles. The zero-order valence-corrected chi connectivity index (χ0v) is 19.4. The van der Waals surface area contributed by atoms with Gasteiger partial charge in [0.1, 0.15) is 5.75 Å². The van der Waals surface area contributed by atoms with Gasteiger partial charge in [-0.1, -0.05) is 40.5 Å². The average Bonchev–Trinajstić information content (AvgIpc) is 3.20. The van der Waals surface area contributed by atoms with Crippen molar-refractivity contribution < 1.29 is 18.8 Å². The number of ether oxygens (including phenoxy) is 1. The number of carbonyl (C=O) groups is 2. The van der Waals surface area contributed by atoms with Gasteiger partial charge in [-0.15, -0.1) is 11.8 Å². The summed E-state index contributed by atoms with van der Waals surface area (Å²) >= 11 is 13.3. The number of halogens is 2. The van der Waals surface area contributed by atoms with E-state index in [9.17, 15) is 9.59 Å². The summed E-state index contributed by atoms with van der Waals surface area (Å²) in [6.07, 6.45) is 0.606. The highest BCUT2D eigenvalue weighted by atomic mass is 35.5. The molecule has 0 atom stereocenters. The molecule has 32 heavy (non-hydrogen) atoms. The van der Waals surface area contributed by atoms with Gasteiger partial charge in [0.2, 0.25) is 11.8 Å². The van der Waals surface area contributed by atoms with Crippen LogP contribution in [0.3, 0.4) is 0 Å². The van der Waals surface area contributed by atoms with Crippen molar-refractivity contribution in [1.82, 2.24) is 21.0 Å². The first-order valence-corrected chi connectivity index (χ1v) is 11.3. The molecule has 2 N–H and O–H groups in total. The minimum atomic E-state index is -0.424. The van der Waals surface area contributed by atoms with E-state index in [1.54, 1.807) is 37.3 Å². The van der Waals surface area contributed by atoms with Crippen LogP contribution in [-0.4, -0.2) is 28.6 Å². The van der Waals surface area contributed by atoms with Crippen LogP contribution in [0.25, 0.3) is 0 Å². The van der Waals surface area contributed by atoms with Crippen molar-refractivity contribution in [3.05, 3.63) is 69.8 Å². The number of nitrogens with zero attached hydrogens (tertiary/aromatic N) is 2. The fraction of sp³-hybridized carbons (Fsp3) is 0.238. The van der Waals surface area contributed by atoms with Crippen molar-refractivity contribution in [3.8, 4) is 5.75 Å². The van der Waals surface area contributed by atoms with Crippen LogP contribution in [0.4, 0.5) is 0 Å². The van der Waals surface area contributed by atoms with Gasteiger partial charge in [0.15, 0.2) is 5.82 Å². The molecule has 0 spiro atoms. The number of hydrogen-bond acceptors (Lipinski definition) is 7. The molecule has 2 amide bonds. The number of carbonyl (C=O) groups excluding carboxylic acids is 2. The van der Waals surface area contributed by atoms with Gasteiger partial charge in [-0.25, -0.2) is 0 Å². The van der Waals surface area contributed by atoms with E-state index in [0.29, 0.717) is 45.2 Å². The third-order valence-corrected chi connectivity index (χ3v) is 5.66. The van der Waals surface area contributed by atoms with Crippen LogP contribution in [0.5, 0.6) is 5.75 Å². The Hall–Kier alpha value is -2.75. The fourth-order valence-corrected chi connectivity index (χ4v) is 3.93. The zero-order valence-electron chi connectivity index (χ0n) is 17.1. The molecule has 0 unspecified atom stereocenters. The average molecular weight is 495 g/mol. The zero-order chi connectivity index (χ0) is 22.9. The predicted molar refractivity (Wildman–Crippen MR) is 122 cm³/mol. The number of hydrogen-bond donors (Lipinski definition) is 2. The molecule has 0 bridgehead atoms. The number of aromatic nitrogens is 2. The molecule has 168 valence electrons. The molecule has 0 saturated carbocycles. The summed E-state index contributed by atoms with van der Waals surface area (Å²) in [7, 11) is 0. The maximum Gasteiger partial charge on any atom is 0.270 e. The van der Waals surface area contributed by atoms with Crippen LogP contribution in [0.2, 0.25) is 10.0 Å². The van der Waals surface area contributed by atoms with Crippen molar-refractivity contribution in [3.63, 3.8) is 0 Å². The number of aryl methyl sites for hydroxylation is 1. The summed E-state index contributed by atoms with van der Waals surface area (Å²) < 4.78 is 10.6. The Balaban J connectivity index is 1.42. The maximum atomic E-state index is 12.5. The molecule has 11 heteroatoms. The third-order valence-electron chi connectivity index (χ3n) is 4.07. The molecule has 1 heterocycles. The van der Waals surface area contributed by atoms with Crippen molar-refractivity contribution >= 4 is 46.8 Å². The smallest absolute Gasteiger partial charge is 0.270 e. The largest absolute Gasteiger partial charge is 0.492 e. The second kappa shape index (κ2) is 11.8. The van der Waals surface area contributed by atoms with E-state index in [-0.39, 0.29) is 18.9 Å². The lowest BCUT2D eigenvalue weighted by Crippen LogP contribution is -2.41. The van der Waals surface area contributed by atoms with Crippen LogP contribution in [-0.2, 0) is 10.5 Å². The summed E-state index contributed by atoms with van der Waals surface area (Å²) in [5, 5.41) is 4.66. The van der Waals surface area contributed by atoms with Gasteiger partial charge < -0.3 is 9.26 Å². The number of rotatable bonds is 9. The molecule has 8 nitrogen and oxygen atoms in total. The molecule has 0 fully saturated rings. The molecule has 2 aromatic carbocycles. The van der Waals surface area contributed by atoms with Gasteiger partial charge >= 0.3 is 0 Å². The summed E-state index contributed by atoms with van der Waals surface area (Å²) in [4.78, 5) is 29.4. The normalized spacial score (nSPS) is 10.6. The number of thioether (sulfide) groups is 1. The molecule has 0 aliphatic carbocycles. The molecule has 0 radical (unpaired) electrons. The lowest BCUT2D eigenvalue weighted by molar-refractivity contribution is -0.122. The Morgan fingerprint density at radius 2 is 1.97 bits per heavy atom. The molecule has 0 aliphatic rings. The Kier molecular flexibility index (Phi) is 8.78. The second-order valence-electron chi connectivity index (χ2n) is 6.55. The van der Waals surface area contributed by atoms with E-state index in [1.807, 2.05) is 12.1 Å². The predicted octanol–water partition coefficient (Wildman–Crippen LogP) is 4.60. The number of hydrazine groups is 1. The van der Waals surface area contributed by atoms with Crippen LogP contribution in [0.15, 0.2) is 51.9 Å². The summed E-state index contributed by atoms with van der Waals surface area (Å²) in [6.45, 7) is 2.03. The topological polar surface area (TPSA) is 106 Å². The lowest BCUT2D eigenvalue weighted by atomic mass is 10.2. The summed E-state index contributed by atoms with van der Waals surface area (Å²) in [6, 6.07) is 12.0. The number of benzene rings is 2. The van der Waals surface area contributed by atoms with E-state index < -0.39 is 5.91 Å². The first kappa shape index (κ1) is 23.9. The minimum absolute atomic E-state index is 0.165. The Morgan fingerprint density at radius 3 is 2.72 bits per heavy atom. The van der Waals surface area contributed by atoms with Crippen LogP contribution >= 0.6 is 35.0 Å². The van der Waals surface area contributed by atoms with Gasteiger partial charge in [-0.3, -0.25) is 20.4 Å². The van der Waals surface area contributed by atoms with Gasteiger partial charge in [0.05, 0.1) is 22.9 Å². The highest BCUT2D eigenvalue weighted by Gasteiger charge is 2.14. The quantitative estimate of drug-likeness (QED) is 0.254. The van der Waals surface area contributed by atoms with Crippen LogP contribution < -0.4 is 15.6 Å². The number of nitrogens with one attached hydrogen (secondary N) is 2. The van der Waals surface area contributed by atoms with Gasteiger partial charge in [-0.2, -0.15) is 4.98 Å². The Morgan fingerprint density at radius 1 is 1.16 bits per heavy atom. The lowest BCUT2D eigenvalue weighted by Gasteiger charge is -2.11. The van der Waals surface area contributed by atoms with Crippen molar-refractivity contribution in [1.29, 1.82) is 0 Å². The van der Waals surface area contributed by atoms with E-state index in [2.05, 4.69) is 21.0 Å². The summed E-state index contributed by atoms with van der Waals surface area (Å²) in [5.74, 6) is 1.18. The Bertz CT molecular complexity index is 1090. The molecular formula is C21H20Cl2N4O4S. The van der Waals surface area contributed by atoms with Crippen LogP contribution in [0, 0.1) is 6.92 Å². The standard InChI is InChI=1S/C21H20Cl2N4O4S/c1-13-24-20(31-27-13)12-32-18-6-3-2-5-15(18)21(29)26-25-19(28)7-4-10-30-17-9-8-14(22)11-16(17)23/h2-3,5-6,8-9,11H,4,7,10,12H2,1H3,(H,25,28)(H,26,29). The van der Waals surface area contributed by atoms with Gasteiger partial charge in [-0.05, 0) is 43.7 Å². The van der Waals surface area contributed by atoms with Crippen molar-refractivity contribution in [2.75, 3.05) is 6.61 Å².